The summed E-state index contributed by atoms with van der Waals surface area (Å²) in [6.07, 6.45) is 3.76. The van der Waals surface area contributed by atoms with E-state index in [9.17, 15) is 14.3 Å². The van der Waals surface area contributed by atoms with Crippen molar-refractivity contribution in [2.24, 2.45) is 5.92 Å². The van der Waals surface area contributed by atoms with E-state index in [0.29, 0.717) is 30.3 Å². The Morgan fingerprint density at radius 1 is 1.34 bits per heavy atom. The highest BCUT2D eigenvalue weighted by Gasteiger charge is 2.45. The summed E-state index contributed by atoms with van der Waals surface area (Å²) < 4.78 is 14.4. The van der Waals surface area contributed by atoms with Crippen molar-refractivity contribution < 1.29 is 14.3 Å². The number of carbonyl (C=O) groups is 1. The van der Waals surface area contributed by atoms with E-state index in [4.69, 9.17) is 0 Å². The fourth-order valence-corrected chi connectivity index (χ4v) is 4.93. The zero-order chi connectivity index (χ0) is 22.5. The van der Waals surface area contributed by atoms with Crippen LogP contribution in [0.4, 0.5) is 10.3 Å². The van der Waals surface area contributed by atoms with Crippen molar-refractivity contribution in [3.63, 3.8) is 0 Å². The third-order valence-electron chi connectivity index (χ3n) is 5.97. The molecular formula is C22H25FN6O2S. The van der Waals surface area contributed by atoms with Crippen molar-refractivity contribution in [3.05, 3.63) is 47.0 Å². The molecule has 5 rings (SSSR count). The maximum absolute atomic E-state index is 13.5. The highest BCUT2D eigenvalue weighted by atomic mass is 32.1. The molecule has 1 saturated heterocycles. The molecule has 2 unspecified atom stereocenters. The lowest BCUT2D eigenvalue weighted by atomic mass is 9.91. The van der Waals surface area contributed by atoms with Gasteiger partial charge in [-0.15, -0.1) is 11.3 Å². The number of fused-ring (bicyclic) bond motifs is 1. The van der Waals surface area contributed by atoms with Gasteiger partial charge in [-0.25, -0.2) is 14.4 Å². The Balaban J connectivity index is 1.33. The Morgan fingerprint density at radius 2 is 2.12 bits per heavy atom. The van der Waals surface area contributed by atoms with Gasteiger partial charge in [-0.1, -0.05) is 0 Å². The summed E-state index contributed by atoms with van der Waals surface area (Å²) in [6, 6.07) is 3.03. The molecule has 2 atom stereocenters. The number of aliphatic hydroxyl groups is 1. The molecule has 0 aromatic carbocycles. The predicted octanol–water partition coefficient (Wildman–Crippen LogP) is 2.99. The first-order chi connectivity index (χ1) is 15.3. The maximum atomic E-state index is 13.5. The number of carbonyl (C=O) groups excluding carboxylic acids is 1. The largest absolute Gasteiger partial charge is 0.372 e. The topological polar surface area (TPSA) is 103 Å². The summed E-state index contributed by atoms with van der Waals surface area (Å²) in [6.45, 7) is 4.95. The van der Waals surface area contributed by atoms with Gasteiger partial charge in [-0.05, 0) is 49.8 Å². The van der Waals surface area contributed by atoms with E-state index in [2.05, 4.69) is 25.6 Å². The fraction of sp³-hybridized carbons (Fsp3) is 0.455. The van der Waals surface area contributed by atoms with Crippen LogP contribution in [0, 0.1) is 11.7 Å². The maximum Gasteiger partial charge on any atom is 0.224 e. The van der Waals surface area contributed by atoms with Gasteiger partial charge in [0.05, 0.1) is 28.0 Å². The number of pyridine rings is 1. The van der Waals surface area contributed by atoms with Crippen molar-refractivity contribution >= 4 is 33.4 Å². The third-order valence-corrected chi connectivity index (χ3v) is 6.90. The smallest absolute Gasteiger partial charge is 0.224 e. The van der Waals surface area contributed by atoms with Crippen molar-refractivity contribution in [3.8, 4) is 0 Å². The molecule has 1 saturated carbocycles. The number of thiophene rings is 1. The van der Waals surface area contributed by atoms with Crippen molar-refractivity contribution in [1.29, 1.82) is 0 Å². The van der Waals surface area contributed by atoms with Crippen LogP contribution < -0.4 is 10.6 Å². The van der Waals surface area contributed by atoms with Gasteiger partial charge < -0.3 is 15.7 Å². The molecule has 2 aliphatic rings. The first-order valence-corrected chi connectivity index (χ1v) is 11.6. The minimum absolute atomic E-state index is 0.108. The van der Waals surface area contributed by atoms with Crippen LogP contribution in [0.25, 0.3) is 10.2 Å². The fourth-order valence-electron chi connectivity index (χ4n) is 4.09. The number of amides is 1. The molecule has 10 heteroatoms. The van der Waals surface area contributed by atoms with Crippen molar-refractivity contribution in [2.45, 2.75) is 44.5 Å². The molecule has 1 amide bonds. The van der Waals surface area contributed by atoms with E-state index in [1.807, 2.05) is 30.2 Å². The molecular weight excluding hydrogens is 431 g/mol. The zero-order valence-electron chi connectivity index (χ0n) is 17.9. The van der Waals surface area contributed by atoms with Crippen LogP contribution in [-0.2, 0) is 4.79 Å². The van der Waals surface area contributed by atoms with Crippen molar-refractivity contribution in [2.75, 3.05) is 18.4 Å². The standard InChI is InChI=1S/C22H25FN6O2S/c1-12(14-7-15(23)9-24-8-14)25-21-26-16-5-6-32-18(16)17(27-21)20(31)29-10-22(2,11-29)28-19(30)13-3-4-13/h5-9,12-13,20,31H,3-4,10-11H2,1-2H3,(H,28,30)(H,25,26,27). The Kier molecular flexibility index (Phi) is 5.31. The average Bonchev–Trinajstić information content (AvgIpc) is 3.49. The molecule has 0 radical (unpaired) electrons. The van der Waals surface area contributed by atoms with Gasteiger partial charge in [0.1, 0.15) is 11.5 Å². The Labute approximate surface area is 188 Å². The third kappa shape index (κ3) is 4.17. The van der Waals surface area contributed by atoms with E-state index in [-0.39, 0.29) is 23.4 Å². The quantitative estimate of drug-likeness (QED) is 0.502. The number of rotatable bonds is 7. The van der Waals surface area contributed by atoms with E-state index < -0.39 is 12.0 Å². The molecule has 8 nitrogen and oxygen atoms in total. The van der Waals surface area contributed by atoms with E-state index in [1.54, 1.807) is 6.20 Å². The number of hydrogen-bond donors (Lipinski definition) is 3. The minimum Gasteiger partial charge on any atom is -0.372 e. The van der Waals surface area contributed by atoms with Gasteiger partial charge in [0.15, 0.2) is 6.23 Å². The number of aliphatic hydroxyl groups excluding tert-OH is 1. The van der Waals surface area contributed by atoms with E-state index in [1.165, 1.54) is 17.4 Å². The van der Waals surface area contributed by atoms with Gasteiger partial charge in [-0.2, -0.15) is 0 Å². The van der Waals surface area contributed by atoms with Gasteiger partial charge in [0.25, 0.3) is 0 Å². The molecule has 168 valence electrons. The number of aromatic nitrogens is 3. The molecule has 4 heterocycles. The van der Waals surface area contributed by atoms with Crippen LogP contribution in [0.15, 0.2) is 29.9 Å². The number of halogens is 1. The molecule has 2 fully saturated rings. The Morgan fingerprint density at radius 3 is 2.84 bits per heavy atom. The second-order valence-corrected chi connectivity index (χ2v) is 9.89. The predicted molar refractivity (Wildman–Crippen MR) is 119 cm³/mol. The Hall–Kier alpha value is -2.69. The highest BCUT2D eigenvalue weighted by molar-refractivity contribution is 7.17. The number of likely N-dealkylation sites (tertiary alicyclic amines) is 1. The van der Waals surface area contributed by atoms with Crippen LogP contribution in [-0.4, -0.2) is 49.5 Å². The molecule has 3 aromatic rings. The summed E-state index contributed by atoms with van der Waals surface area (Å²) in [7, 11) is 0. The lowest BCUT2D eigenvalue weighted by Crippen LogP contribution is -2.69. The summed E-state index contributed by atoms with van der Waals surface area (Å²) in [5, 5.41) is 19.3. The molecule has 0 bridgehead atoms. The van der Waals surface area contributed by atoms with Crippen LogP contribution >= 0.6 is 11.3 Å². The molecule has 0 spiro atoms. The Bertz CT molecular complexity index is 1160. The minimum atomic E-state index is -0.920. The summed E-state index contributed by atoms with van der Waals surface area (Å²) >= 11 is 1.47. The second kappa shape index (κ2) is 8.02. The molecule has 3 N–H and O–H groups in total. The number of anilines is 1. The summed E-state index contributed by atoms with van der Waals surface area (Å²) in [4.78, 5) is 27.1. The van der Waals surface area contributed by atoms with E-state index in [0.717, 1.165) is 29.3 Å². The highest BCUT2D eigenvalue weighted by Crippen LogP contribution is 2.36. The molecule has 32 heavy (non-hydrogen) atoms. The second-order valence-electron chi connectivity index (χ2n) is 8.97. The molecule has 3 aromatic heterocycles. The lowest BCUT2D eigenvalue weighted by Gasteiger charge is -2.50. The average molecular weight is 457 g/mol. The first-order valence-electron chi connectivity index (χ1n) is 10.7. The van der Waals surface area contributed by atoms with Gasteiger partial charge in [0, 0.05) is 25.2 Å². The van der Waals surface area contributed by atoms with Crippen LogP contribution in [0.3, 0.4) is 0 Å². The first kappa shape index (κ1) is 21.2. The van der Waals surface area contributed by atoms with Gasteiger partial charge in [-0.3, -0.25) is 14.7 Å². The van der Waals surface area contributed by atoms with Crippen LogP contribution in [0.2, 0.25) is 0 Å². The van der Waals surface area contributed by atoms with Crippen LogP contribution in [0.1, 0.15) is 50.2 Å². The number of nitrogens with one attached hydrogen (secondary N) is 2. The normalized spacial score (nSPS) is 19.9. The van der Waals surface area contributed by atoms with Gasteiger partial charge >= 0.3 is 0 Å². The number of hydrogen-bond acceptors (Lipinski definition) is 8. The van der Waals surface area contributed by atoms with E-state index >= 15 is 0 Å². The number of nitrogens with zero attached hydrogens (tertiary/aromatic N) is 4. The lowest BCUT2D eigenvalue weighted by molar-refractivity contribution is -0.131. The SMILES string of the molecule is CC(Nc1nc(C(O)N2CC(C)(NC(=O)C3CC3)C2)c2sccc2n1)c1cncc(F)c1. The summed E-state index contributed by atoms with van der Waals surface area (Å²) in [5.74, 6) is 0.210. The molecule has 1 aliphatic carbocycles. The zero-order valence-corrected chi connectivity index (χ0v) is 18.7. The van der Waals surface area contributed by atoms with Gasteiger partial charge in [0.2, 0.25) is 11.9 Å². The van der Waals surface area contributed by atoms with Crippen molar-refractivity contribution in [1.82, 2.24) is 25.2 Å². The van der Waals surface area contributed by atoms with Crippen LogP contribution in [0.5, 0.6) is 0 Å². The summed E-state index contributed by atoms with van der Waals surface area (Å²) in [5.41, 5.74) is 1.58. The molecule has 1 aliphatic heterocycles. The monoisotopic (exact) mass is 456 g/mol.